The van der Waals surface area contributed by atoms with Crippen LogP contribution in [-0.4, -0.2) is 31.1 Å². The highest BCUT2D eigenvalue weighted by Gasteiger charge is 2.33. The Hall–Kier alpha value is -0.490. The molecule has 0 unspecified atom stereocenters. The van der Waals surface area contributed by atoms with Crippen molar-refractivity contribution in [1.29, 1.82) is 0 Å². The van der Waals surface area contributed by atoms with Crippen LogP contribution in [0.15, 0.2) is 18.2 Å². The van der Waals surface area contributed by atoms with Gasteiger partial charge in [0.05, 0.1) is 10.6 Å². The molecule has 2 rings (SSSR count). The highest BCUT2D eigenvalue weighted by Crippen LogP contribution is 2.37. The third kappa shape index (κ3) is 4.49. The van der Waals surface area contributed by atoms with Gasteiger partial charge in [0.1, 0.15) is 0 Å². The van der Waals surface area contributed by atoms with E-state index in [4.69, 9.17) is 11.6 Å². The normalized spacial score (nSPS) is 18.1. The summed E-state index contributed by atoms with van der Waals surface area (Å²) >= 11 is 5.80. The lowest BCUT2D eigenvalue weighted by molar-refractivity contribution is -0.137. The van der Waals surface area contributed by atoms with Gasteiger partial charge in [-0.15, -0.1) is 12.4 Å². The molecule has 1 saturated heterocycles. The Kier molecular flexibility index (Phi) is 6.78. The minimum atomic E-state index is -4.40. The molecular formula is C14H19Cl2F3N2. The maximum Gasteiger partial charge on any atom is 0.417 e. The minimum absolute atomic E-state index is 0. The van der Waals surface area contributed by atoms with Crippen LogP contribution in [0.2, 0.25) is 5.02 Å². The Morgan fingerprint density at radius 1 is 1.29 bits per heavy atom. The van der Waals surface area contributed by atoms with Crippen LogP contribution in [0, 0.1) is 0 Å². The zero-order valence-corrected chi connectivity index (χ0v) is 13.3. The number of benzene rings is 1. The number of rotatable bonds is 3. The van der Waals surface area contributed by atoms with Crippen molar-refractivity contribution < 1.29 is 13.2 Å². The predicted octanol–water partition coefficient (Wildman–Crippen LogP) is 4.14. The van der Waals surface area contributed by atoms with E-state index < -0.39 is 11.7 Å². The number of hydrogen-bond acceptors (Lipinski definition) is 2. The summed E-state index contributed by atoms with van der Waals surface area (Å²) in [6, 6.07) is 4.21. The van der Waals surface area contributed by atoms with Crippen LogP contribution in [0.25, 0.3) is 0 Å². The fraction of sp³-hybridized carbons (Fsp3) is 0.571. The molecule has 0 amide bonds. The van der Waals surface area contributed by atoms with Crippen molar-refractivity contribution in [1.82, 2.24) is 10.2 Å². The first-order valence-corrected chi connectivity index (χ1v) is 7.12. The summed E-state index contributed by atoms with van der Waals surface area (Å²) in [6.45, 7) is 5.66. The van der Waals surface area contributed by atoms with Crippen LogP contribution in [0.3, 0.4) is 0 Å². The Morgan fingerprint density at radius 3 is 2.38 bits per heavy atom. The standard InChI is InChI=1S/C14H18ClF3N2.ClH/c1-2-13(20-7-5-19-6-8-20)10-3-4-11(12(15)9-10)14(16,17)18;/h3-4,9,13,19H,2,5-8H2,1H3;1H/t13-;/m0./s1. The van der Waals surface area contributed by atoms with Gasteiger partial charge in [0.2, 0.25) is 0 Å². The second-order valence-electron chi connectivity index (χ2n) is 4.95. The van der Waals surface area contributed by atoms with Crippen molar-refractivity contribution in [3.05, 3.63) is 34.3 Å². The van der Waals surface area contributed by atoms with E-state index in [0.29, 0.717) is 0 Å². The summed E-state index contributed by atoms with van der Waals surface area (Å²) in [5.74, 6) is 0. The van der Waals surface area contributed by atoms with Crippen molar-refractivity contribution >= 4 is 24.0 Å². The third-order valence-electron chi connectivity index (χ3n) is 3.66. The first-order chi connectivity index (χ1) is 9.43. The van der Waals surface area contributed by atoms with Crippen molar-refractivity contribution in [3.8, 4) is 0 Å². The average Bonchev–Trinajstić information content (AvgIpc) is 2.39. The van der Waals surface area contributed by atoms with Gasteiger partial charge >= 0.3 is 6.18 Å². The molecule has 1 aromatic carbocycles. The van der Waals surface area contributed by atoms with Gasteiger partial charge in [0.25, 0.3) is 0 Å². The van der Waals surface area contributed by atoms with Crippen LogP contribution in [-0.2, 0) is 6.18 Å². The van der Waals surface area contributed by atoms with Crippen LogP contribution >= 0.6 is 24.0 Å². The molecular weight excluding hydrogens is 324 g/mol. The molecule has 0 bridgehead atoms. The van der Waals surface area contributed by atoms with Gasteiger partial charge in [-0.1, -0.05) is 24.6 Å². The van der Waals surface area contributed by atoms with Gasteiger partial charge in [-0.3, -0.25) is 4.90 Å². The Bertz CT molecular complexity index is 460. The second kappa shape index (κ2) is 7.68. The lowest BCUT2D eigenvalue weighted by Crippen LogP contribution is -2.45. The maximum absolute atomic E-state index is 12.7. The van der Waals surface area contributed by atoms with E-state index in [1.807, 2.05) is 6.92 Å². The summed E-state index contributed by atoms with van der Waals surface area (Å²) in [6.07, 6.45) is -3.55. The maximum atomic E-state index is 12.7. The summed E-state index contributed by atoms with van der Waals surface area (Å²) in [7, 11) is 0. The van der Waals surface area contributed by atoms with Crippen LogP contribution in [0.5, 0.6) is 0 Å². The molecule has 1 N–H and O–H groups in total. The number of piperazine rings is 1. The molecule has 1 atom stereocenters. The molecule has 1 aliphatic heterocycles. The van der Waals surface area contributed by atoms with E-state index in [1.54, 1.807) is 6.07 Å². The molecule has 0 radical (unpaired) electrons. The summed E-state index contributed by atoms with van der Waals surface area (Å²) in [5.41, 5.74) is 0.0884. The van der Waals surface area contributed by atoms with Gasteiger partial charge in [-0.2, -0.15) is 13.2 Å². The van der Waals surface area contributed by atoms with E-state index in [1.165, 1.54) is 6.07 Å². The molecule has 7 heteroatoms. The number of alkyl halides is 3. The highest BCUT2D eigenvalue weighted by molar-refractivity contribution is 6.31. The van der Waals surface area contributed by atoms with Crippen LogP contribution in [0.4, 0.5) is 13.2 Å². The fourth-order valence-electron chi connectivity index (χ4n) is 2.67. The first-order valence-electron chi connectivity index (χ1n) is 6.75. The van der Waals surface area contributed by atoms with Gasteiger partial charge in [-0.05, 0) is 24.1 Å². The van der Waals surface area contributed by atoms with Gasteiger partial charge in [0.15, 0.2) is 0 Å². The second-order valence-corrected chi connectivity index (χ2v) is 5.35. The lowest BCUT2D eigenvalue weighted by Gasteiger charge is -2.35. The van der Waals surface area contributed by atoms with E-state index in [0.717, 1.165) is 44.2 Å². The van der Waals surface area contributed by atoms with Crippen LogP contribution in [0.1, 0.15) is 30.5 Å². The van der Waals surface area contributed by atoms with Crippen molar-refractivity contribution in [2.24, 2.45) is 0 Å². The molecule has 0 saturated carbocycles. The number of halogens is 5. The number of nitrogens with zero attached hydrogens (tertiary/aromatic N) is 1. The fourth-order valence-corrected chi connectivity index (χ4v) is 2.96. The topological polar surface area (TPSA) is 15.3 Å². The Morgan fingerprint density at radius 2 is 1.90 bits per heavy atom. The van der Waals surface area contributed by atoms with Gasteiger partial charge in [-0.25, -0.2) is 0 Å². The van der Waals surface area contributed by atoms with Gasteiger partial charge in [0, 0.05) is 32.2 Å². The molecule has 1 heterocycles. The molecule has 0 aliphatic carbocycles. The quantitative estimate of drug-likeness (QED) is 0.888. The Balaban J connectivity index is 0.00000220. The van der Waals surface area contributed by atoms with E-state index in [-0.39, 0.29) is 23.5 Å². The lowest BCUT2D eigenvalue weighted by atomic mass is 10.00. The van der Waals surface area contributed by atoms with E-state index in [9.17, 15) is 13.2 Å². The van der Waals surface area contributed by atoms with Crippen molar-refractivity contribution in [3.63, 3.8) is 0 Å². The minimum Gasteiger partial charge on any atom is -0.314 e. The molecule has 0 spiro atoms. The molecule has 120 valence electrons. The predicted molar refractivity (Wildman–Crippen MR) is 81.2 cm³/mol. The molecule has 1 aromatic rings. The summed E-state index contributed by atoms with van der Waals surface area (Å²) < 4.78 is 38.1. The van der Waals surface area contributed by atoms with Crippen molar-refractivity contribution in [2.75, 3.05) is 26.2 Å². The zero-order chi connectivity index (χ0) is 14.8. The molecule has 1 fully saturated rings. The highest BCUT2D eigenvalue weighted by atomic mass is 35.5. The SMILES string of the molecule is CC[C@@H](c1ccc(C(F)(F)F)c(Cl)c1)N1CCNCC1.Cl. The van der Waals surface area contributed by atoms with Gasteiger partial charge < -0.3 is 5.32 Å². The molecule has 21 heavy (non-hydrogen) atoms. The number of hydrogen-bond donors (Lipinski definition) is 1. The summed E-state index contributed by atoms with van der Waals surface area (Å²) in [4.78, 5) is 2.29. The van der Waals surface area contributed by atoms with E-state index >= 15 is 0 Å². The molecule has 0 aromatic heterocycles. The number of nitrogens with one attached hydrogen (secondary N) is 1. The van der Waals surface area contributed by atoms with Crippen molar-refractivity contribution in [2.45, 2.75) is 25.6 Å². The smallest absolute Gasteiger partial charge is 0.314 e. The monoisotopic (exact) mass is 342 g/mol. The molecule has 1 aliphatic rings. The average molecular weight is 343 g/mol. The zero-order valence-electron chi connectivity index (χ0n) is 11.7. The third-order valence-corrected chi connectivity index (χ3v) is 3.98. The van der Waals surface area contributed by atoms with Crippen LogP contribution < -0.4 is 5.32 Å². The molecule has 2 nitrogen and oxygen atoms in total. The largest absolute Gasteiger partial charge is 0.417 e. The summed E-state index contributed by atoms with van der Waals surface area (Å²) in [5, 5.41) is 3.05. The Labute approximate surface area is 134 Å². The van der Waals surface area contributed by atoms with E-state index in [2.05, 4.69) is 10.2 Å². The first kappa shape index (κ1) is 18.6.